The molecule has 2 heterocycles. The van der Waals surface area contributed by atoms with Crippen molar-refractivity contribution in [2.75, 3.05) is 11.3 Å². The maximum atomic E-state index is 12.3. The van der Waals surface area contributed by atoms with Gasteiger partial charge in [-0.25, -0.2) is 13.4 Å². The van der Waals surface area contributed by atoms with Gasteiger partial charge in [-0.1, -0.05) is 6.92 Å². The molecule has 0 saturated heterocycles. The minimum Gasteiger partial charge on any atom is -0.451 e. The quantitative estimate of drug-likeness (QED) is 0.705. The molecule has 9 heteroatoms. The Kier molecular flexibility index (Phi) is 5.42. The van der Waals surface area contributed by atoms with Gasteiger partial charge < -0.3 is 9.73 Å². The van der Waals surface area contributed by atoms with Gasteiger partial charge in [0, 0.05) is 11.4 Å². The van der Waals surface area contributed by atoms with Crippen LogP contribution in [-0.2, 0) is 16.6 Å². The molecule has 21 heavy (non-hydrogen) atoms. The predicted molar refractivity (Wildman–Crippen MR) is 86.1 cm³/mol. The minimum atomic E-state index is -3.71. The lowest BCUT2D eigenvalue weighted by Crippen LogP contribution is -2.14. The molecule has 0 atom stereocenters. The third kappa shape index (κ3) is 4.29. The standard InChI is InChI=1S/C12H16BrN3O3S2/c1-3-4-14-6-9-5-10(11(13)19-9)21(17,18)16-12-15-8(2)7-20-12/h5,7,14H,3-4,6H2,1-2H3,(H,15,16). The molecule has 116 valence electrons. The van der Waals surface area contributed by atoms with E-state index in [-0.39, 0.29) is 9.56 Å². The minimum absolute atomic E-state index is 0.0728. The molecule has 0 fully saturated rings. The monoisotopic (exact) mass is 393 g/mol. The van der Waals surface area contributed by atoms with E-state index < -0.39 is 10.0 Å². The van der Waals surface area contributed by atoms with Crippen LogP contribution in [0.4, 0.5) is 5.13 Å². The van der Waals surface area contributed by atoms with E-state index in [0.717, 1.165) is 18.7 Å². The van der Waals surface area contributed by atoms with Crippen molar-refractivity contribution in [2.24, 2.45) is 0 Å². The van der Waals surface area contributed by atoms with Gasteiger partial charge in [0.15, 0.2) is 9.80 Å². The second kappa shape index (κ2) is 6.91. The van der Waals surface area contributed by atoms with Gasteiger partial charge in [-0.2, -0.15) is 0 Å². The lowest BCUT2D eigenvalue weighted by atomic mass is 10.4. The molecule has 2 aromatic rings. The molecular formula is C12H16BrN3O3S2. The van der Waals surface area contributed by atoms with Crippen molar-refractivity contribution in [3.05, 3.63) is 27.6 Å². The van der Waals surface area contributed by atoms with Crippen LogP contribution in [0.25, 0.3) is 0 Å². The smallest absolute Gasteiger partial charge is 0.268 e. The number of hydrogen-bond acceptors (Lipinski definition) is 6. The Morgan fingerprint density at radius 1 is 1.48 bits per heavy atom. The van der Waals surface area contributed by atoms with Crippen LogP contribution in [0.2, 0.25) is 0 Å². The third-order valence-corrected chi connectivity index (χ3v) is 5.76. The zero-order valence-corrected chi connectivity index (χ0v) is 14.9. The summed E-state index contributed by atoms with van der Waals surface area (Å²) in [5.74, 6) is 0.561. The highest BCUT2D eigenvalue weighted by atomic mass is 79.9. The first-order valence-corrected chi connectivity index (χ1v) is 9.52. The van der Waals surface area contributed by atoms with Crippen LogP contribution in [0.1, 0.15) is 24.8 Å². The summed E-state index contributed by atoms with van der Waals surface area (Å²) in [6.07, 6.45) is 0.998. The summed E-state index contributed by atoms with van der Waals surface area (Å²) in [7, 11) is -3.71. The highest BCUT2D eigenvalue weighted by Gasteiger charge is 2.23. The molecule has 0 radical (unpaired) electrons. The Labute approximate surface area is 136 Å². The van der Waals surface area contributed by atoms with E-state index in [0.29, 0.717) is 17.4 Å². The zero-order valence-electron chi connectivity index (χ0n) is 11.6. The average molecular weight is 394 g/mol. The fourth-order valence-corrected chi connectivity index (χ4v) is 4.57. The van der Waals surface area contributed by atoms with Crippen LogP contribution >= 0.6 is 27.3 Å². The first-order chi connectivity index (χ1) is 9.92. The molecular weight excluding hydrogens is 378 g/mol. The number of aromatic nitrogens is 1. The average Bonchev–Trinajstić information content (AvgIpc) is 2.96. The van der Waals surface area contributed by atoms with Crippen LogP contribution in [0.3, 0.4) is 0 Å². The van der Waals surface area contributed by atoms with Crippen molar-refractivity contribution in [3.8, 4) is 0 Å². The summed E-state index contributed by atoms with van der Waals surface area (Å²) in [5, 5.41) is 5.28. The number of furan rings is 1. The second-order valence-electron chi connectivity index (χ2n) is 4.43. The van der Waals surface area contributed by atoms with Gasteiger partial charge in [-0.3, -0.25) is 4.72 Å². The van der Waals surface area contributed by atoms with Crippen LogP contribution in [-0.4, -0.2) is 19.9 Å². The molecule has 0 unspecified atom stereocenters. The summed E-state index contributed by atoms with van der Waals surface area (Å²) in [5.41, 5.74) is 0.772. The normalized spacial score (nSPS) is 11.8. The van der Waals surface area contributed by atoms with E-state index >= 15 is 0 Å². The molecule has 2 N–H and O–H groups in total. The maximum absolute atomic E-state index is 12.3. The molecule has 0 spiro atoms. The second-order valence-corrected chi connectivity index (χ2v) is 7.66. The molecule has 0 amide bonds. The van der Waals surface area contributed by atoms with Crippen molar-refractivity contribution in [1.29, 1.82) is 0 Å². The van der Waals surface area contributed by atoms with E-state index in [1.807, 2.05) is 0 Å². The van der Waals surface area contributed by atoms with Gasteiger partial charge in [0.05, 0.1) is 12.2 Å². The van der Waals surface area contributed by atoms with E-state index in [2.05, 4.69) is 37.9 Å². The SMILES string of the molecule is CCCNCc1cc(S(=O)(=O)Nc2nc(C)cs2)c(Br)o1. The Morgan fingerprint density at radius 2 is 2.24 bits per heavy atom. The van der Waals surface area contributed by atoms with E-state index in [1.54, 1.807) is 12.3 Å². The number of sulfonamides is 1. The highest BCUT2D eigenvalue weighted by Crippen LogP contribution is 2.28. The predicted octanol–water partition coefficient (Wildman–Crippen LogP) is 3.11. The lowest BCUT2D eigenvalue weighted by Gasteiger charge is -2.02. The van der Waals surface area contributed by atoms with Crippen molar-refractivity contribution in [2.45, 2.75) is 31.7 Å². The number of anilines is 1. The van der Waals surface area contributed by atoms with Crippen LogP contribution in [0.5, 0.6) is 0 Å². The number of aryl methyl sites for hydroxylation is 1. The molecule has 0 aliphatic rings. The Balaban J connectivity index is 2.16. The van der Waals surface area contributed by atoms with Gasteiger partial charge in [0.2, 0.25) is 0 Å². The lowest BCUT2D eigenvalue weighted by molar-refractivity contribution is 0.461. The van der Waals surface area contributed by atoms with Crippen LogP contribution in [0.15, 0.2) is 25.4 Å². The first-order valence-electron chi connectivity index (χ1n) is 6.36. The molecule has 6 nitrogen and oxygen atoms in total. The van der Waals surface area contributed by atoms with Crippen LogP contribution < -0.4 is 10.0 Å². The van der Waals surface area contributed by atoms with Crippen molar-refractivity contribution >= 4 is 42.4 Å². The largest absolute Gasteiger partial charge is 0.451 e. The van der Waals surface area contributed by atoms with Crippen molar-refractivity contribution in [1.82, 2.24) is 10.3 Å². The van der Waals surface area contributed by atoms with Crippen molar-refractivity contribution < 1.29 is 12.8 Å². The molecule has 2 aromatic heterocycles. The van der Waals surface area contributed by atoms with Gasteiger partial charge in [-0.15, -0.1) is 11.3 Å². The van der Waals surface area contributed by atoms with Crippen LogP contribution in [0, 0.1) is 6.92 Å². The summed E-state index contributed by atoms with van der Waals surface area (Å²) in [6, 6.07) is 1.51. The zero-order chi connectivity index (χ0) is 15.5. The molecule has 0 bridgehead atoms. The first kappa shape index (κ1) is 16.5. The highest BCUT2D eigenvalue weighted by molar-refractivity contribution is 9.10. The summed E-state index contributed by atoms with van der Waals surface area (Å²) < 4.78 is 32.7. The van der Waals surface area contributed by atoms with Crippen molar-refractivity contribution in [3.63, 3.8) is 0 Å². The topological polar surface area (TPSA) is 84.2 Å². The Morgan fingerprint density at radius 3 is 2.86 bits per heavy atom. The van der Waals surface area contributed by atoms with Gasteiger partial charge in [-0.05, 0) is 35.8 Å². The number of rotatable bonds is 7. The molecule has 2 rings (SSSR count). The number of nitrogens with zero attached hydrogens (tertiary/aromatic N) is 1. The Bertz CT molecular complexity index is 709. The van der Waals surface area contributed by atoms with Gasteiger partial charge in [0.25, 0.3) is 10.0 Å². The molecule has 0 aliphatic carbocycles. The molecule has 0 saturated carbocycles. The maximum Gasteiger partial charge on any atom is 0.268 e. The van der Waals surface area contributed by atoms with E-state index in [1.165, 1.54) is 17.4 Å². The Hall–Kier alpha value is -0.900. The van der Waals surface area contributed by atoms with Gasteiger partial charge in [0.1, 0.15) is 10.7 Å². The number of hydrogen-bond donors (Lipinski definition) is 2. The molecule has 0 aliphatic heterocycles. The number of halogens is 1. The van der Waals surface area contributed by atoms with Gasteiger partial charge >= 0.3 is 0 Å². The molecule has 0 aromatic carbocycles. The van der Waals surface area contributed by atoms with E-state index in [4.69, 9.17) is 4.42 Å². The summed E-state index contributed by atoms with van der Waals surface area (Å²) in [4.78, 5) is 4.16. The third-order valence-electron chi connectivity index (χ3n) is 2.56. The fourth-order valence-electron chi connectivity index (χ4n) is 1.63. The number of thiazole rings is 1. The van der Waals surface area contributed by atoms with E-state index in [9.17, 15) is 8.42 Å². The summed E-state index contributed by atoms with van der Waals surface area (Å²) >= 11 is 4.39. The summed E-state index contributed by atoms with van der Waals surface area (Å²) in [6.45, 7) is 5.19. The fraction of sp³-hybridized carbons (Fsp3) is 0.417. The number of nitrogens with one attached hydrogen (secondary N) is 2.